The van der Waals surface area contributed by atoms with Crippen molar-refractivity contribution in [1.82, 2.24) is 10.3 Å². The van der Waals surface area contributed by atoms with Crippen LogP contribution in [0.3, 0.4) is 0 Å². The fourth-order valence-corrected chi connectivity index (χ4v) is 1.83. The van der Waals surface area contributed by atoms with E-state index in [0.29, 0.717) is 5.69 Å². The topological polar surface area (TPSA) is 42.0 Å². The molecule has 0 radical (unpaired) electrons. The van der Waals surface area contributed by atoms with E-state index >= 15 is 0 Å². The van der Waals surface area contributed by atoms with Crippen LogP contribution in [0, 0.1) is 15.4 Å². The molecule has 1 N–H and O–H groups in total. The van der Waals surface area contributed by atoms with Crippen LogP contribution in [0.15, 0.2) is 5.38 Å². The molecule has 1 unspecified atom stereocenters. The summed E-state index contributed by atoms with van der Waals surface area (Å²) in [4.78, 5) is 15.4. The quantitative estimate of drug-likeness (QED) is 0.664. The Morgan fingerprint density at radius 2 is 2.62 bits per heavy atom. The summed E-state index contributed by atoms with van der Waals surface area (Å²) in [5, 5.41) is 4.33. The van der Waals surface area contributed by atoms with Crippen LogP contribution in [0.5, 0.6) is 0 Å². The SMILES string of the molecule is C#CC(C)NC(=O)c1csc(I)n1. The van der Waals surface area contributed by atoms with Crippen molar-refractivity contribution in [2.75, 3.05) is 0 Å². The number of rotatable bonds is 2. The van der Waals surface area contributed by atoms with Crippen molar-refractivity contribution in [2.45, 2.75) is 13.0 Å². The van der Waals surface area contributed by atoms with Gasteiger partial charge in [0.2, 0.25) is 0 Å². The van der Waals surface area contributed by atoms with Crippen LogP contribution in [-0.2, 0) is 0 Å². The van der Waals surface area contributed by atoms with Crippen molar-refractivity contribution in [3.63, 3.8) is 0 Å². The fraction of sp³-hybridized carbons (Fsp3) is 0.250. The Hall–Kier alpha value is -0.610. The van der Waals surface area contributed by atoms with Gasteiger partial charge in [-0.05, 0) is 29.5 Å². The molecule has 0 saturated carbocycles. The second-order valence-electron chi connectivity index (χ2n) is 2.35. The van der Waals surface area contributed by atoms with Crippen molar-refractivity contribution in [2.24, 2.45) is 0 Å². The van der Waals surface area contributed by atoms with E-state index in [1.54, 1.807) is 12.3 Å². The summed E-state index contributed by atoms with van der Waals surface area (Å²) in [5.74, 6) is 2.20. The first kappa shape index (κ1) is 10.5. The van der Waals surface area contributed by atoms with E-state index in [1.807, 2.05) is 0 Å². The second-order valence-corrected chi connectivity index (χ2v) is 4.96. The number of hydrogen-bond donors (Lipinski definition) is 1. The number of carbonyl (C=O) groups is 1. The van der Waals surface area contributed by atoms with Gasteiger partial charge in [-0.3, -0.25) is 4.79 Å². The molecule has 0 aliphatic heterocycles. The molecular formula is C8H7IN2OS. The number of halogens is 1. The molecule has 0 spiro atoms. The van der Waals surface area contributed by atoms with Crippen LogP contribution >= 0.6 is 33.9 Å². The molecule has 0 fully saturated rings. The first-order valence-corrected chi connectivity index (χ1v) is 5.47. The monoisotopic (exact) mass is 306 g/mol. The van der Waals surface area contributed by atoms with Crippen molar-refractivity contribution >= 4 is 39.8 Å². The number of aromatic nitrogens is 1. The zero-order valence-electron chi connectivity index (χ0n) is 6.87. The molecule has 1 rings (SSSR count). The lowest BCUT2D eigenvalue weighted by atomic mass is 10.3. The first-order chi connectivity index (χ1) is 6.13. The summed E-state index contributed by atoms with van der Waals surface area (Å²) in [6.07, 6.45) is 5.12. The fourth-order valence-electron chi connectivity index (χ4n) is 0.668. The Morgan fingerprint density at radius 3 is 3.08 bits per heavy atom. The van der Waals surface area contributed by atoms with Gasteiger partial charge >= 0.3 is 0 Å². The molecule has 1 atom stereocenters. The maximum Gasteiger partial charge on any atom is 0.271 e. The van der Waals surface area contributed by atoms with E-state index in [1.165, 1.54) is 11.3 Å². The molecule has 0 aliphatic rings. The van der Waals surface area contributed by atoms with E-state index in [-0.39, 0.29) is 11.9 Å². The number of nitrogens with one attached hydrogen (secondary N) is 1. The molecule has 3 nitrogen and oxygen atoms in total. The highest BCUT2D eigenvalue weighted by molar-refractivity contribution is 14.1. The van der Waals surface area contributed by atoms with Gasteiger partial charge in [-0.25, -0.2) is 4.98 Å². The summed E-state index contributed by atoms with van der Waals surface area (Å²) in [5.41, 5.74) is 0.427. The average Bonchev–Trinajstić information content (AvgIpc) is 2.51. The number of amides is 1. The van der Waals surface area contributed by atoms with Crippen molar-refractivity contribution in [3.8, 4) is 12.3 Å². The van der Waals surface area contributed by atoms with E-state index in [0.717, 1.165) is 3.01 Å². The minimum Gasteiger partial charge on any atom is -0.337 e. The predicted octanol–water partition coefficient (Wildman–Crippen LogP) is 1.50. The highest BCUT2D eigenvalue weighted by Crippen LogP contribution is 2.11. The Morgan fingerprint density at radius 1 is 1.92 bits per heavy atom. The lowest BCUT2D eigenvalue weighted by molar-refractivity contribution is 0.0943. The minimum atomic E-state index is -0.258. The highest BCUT2D eigenvalue weighted by Gasteiger charge is 2.10. The Balaban J connectivity index is 2.65. The predicted molar refractivity (Wildman–Crippen MR) is 60.6 cm³/mol. The van der Waals surface area contributed by atoms with Gasteiger partial charge in [-0.2, -0.15) is 0 Å². The molecule has 5 heteroatoms. The number of nitrogens with zero attached hydrogens (tertiary/aromatic N) is 1. The van der Waals surface area contributed by atoms with Crippen LogP contribution in [-0.4, -0.2) is 16.9 Å². The first-order valence-electron chi connectivity index (χ1n) is 3.51. The largest absolute Gasteiger partial charge is 0.337 e. The lowest BCUT2D eigenvalue weighted by Crippen LogP contribution is -2.31. The summed E-state index contributed by atoms with van der Waals surface area (Å²) < 4.78 is 0.844. The molecule has 0 bridgehead atoms. The highest BCUT2D eigenvalue weighted by atomic mass is 127. The molecule has 0 aromatic carbocycles. The van der Waals surface area contributed by atoms with E-state index in [2.05, 4.69) is 38.8 Å². The maximum absolute atomic E-state index is 11.4. The molecule has 13 heavy (non-hydrogen) atoms. The van der Waals surface area contributed by atoms with Crippen molar-refractivity contribution in [3.05, 3.63) is 14.1 Å². The van der Waals surface area contributed by atoms with E-state index in [9.17, 15) is 4.79 Å². The van der Waals surface area contributed by atoms with Gasteiger partial charge in [0.05, 0.1) is 6.04 Å². The van der Waals surface area contributed by atoms with E-state index < -0.39 is 0 Å². The van der Waals surface area contributed by atoms with Gasteiger partial charge in [0.25, 0.3) is 5.91 Å². The third kappa shape index (κ3) is 2.97. The Kier molecular flexibility index (Phi) is 3.69. The van der Waals surface area contributed by atoms with E-state index in [4.69, 9.17) is 6.42 Å². The molecule has 1 amide bonds. The average molecular weight is 306 g/mol. The standard InChI is InChI=1S/C8H7IN2OS/c1-3-5(2)10-7(12)6-4-13-8(9)11-6/h1,4-5H,2H3,(H,10,12). The van der Waals surface area contributed by atoms with Gasteiger partial charge < -0.3 is 5.32 Å². The van der Waals surface area contributed by atoms with Gasteiger partial charge in [0.1, 0.15) is 5.69 Å². The molecule has 1 aromatic rings. The Bertz CT molecular complexity index is 355. The number of thiazole rings is 1. The number of carbonyl (C=O) groups excluding carboxylic acids is 1. The Labute approximate surface area is 94.1 Å². The third-order valence-electron chi connectivity index (χ3n) is 1.31. The molecule has 68 valence electrons. The van der Waals surface area contributed by atoms with Gasteiger partial charge in [0, 0.05) is 5.38 Å². The van der Waals surface area contributed by atoms with Gasteiger partial charge in [0.15, 0.2) is 3.01 Å². The second kappa shape index (κ2) is 4.58. The van der Waals surface area contributed by atoms with Gasteiger partial charge in [-0.1, -0.05) is 5.92 Å². The summed E-state index contributed by atoms with van der Waals surface area (Å²) in [6.45, 7) is 1.75. The molecule has 0 saturated heterocycles. The van der Waals surface area contributed by atoms with Crippen molar-refractivity contribution < 1.29 is 4.79 Å². The smallest absolute Gasteiger partial charge is 0.271 e. The van der Waals surface area contributed by atoms with Crippen LogP contribution in [0.1, 0.15) is 17.4 Å². The van der Waals surface area contributed by atoms with Crippen molar-refractivity contribution in [1.29, 1.82) is 0 Å². The maximum atomic E-state index is 11.4. The summed E-state index contributed by atoms with van der Waals surface area (Å²) in [6, 6.07) is -0.258. The molecule has 1 heterocycles. The number of terminal acetylenes is 1. The molecular weight excluding hydrogens is 299 g/mol. The molecule has 0 aliphatic carbocycles. The normalized spacial score (nSPS) is 11.8. The molecule has 1 aromatic heterocycles. The number of hydrogen-bond acceptors (Lipinski definition) is 3. The zero-order valence-corrected chi connectivity index (χ0v) is 9.85. The van der Waals surface area contributed by atoms with Crippen LogP contribution < -0.4 is 5.32 Å². The summed E-state index contributed by atoms with van der Waals surface area (Å²) in [7, 11) is 0. The zero-order chi connectivity index (χ0) is 9.84. The summed E-state index contributed by atoms with van der Waals surface area (Å²) >= 11 is 3.49. The minimum absolute atomic E-state index is 0.218. The van der Waals surface area contributed by atoms with Crippen LogP contribution in [0.25, 0.3) is 0 Å². The third-order valence-corrected chi connectivity index (χ3v) is 2.94. The van der Waals surface area contributed by atoms with Crippen LogP contribution in [0.4, 0.5) is 0 Å². The lowest BCUT2D eigenvalue weighted by Gasteiger charge is -2.04. The van der Waals surface area contributed by atoms with Gasteiger partial charge in [-0.15, -0.1) is 17.8 Å². The van der Waals surface area contributed by atoms with Crippen LogP contribution in [0.2, 0.25) is 0 Å².